The Kier molecular flexibility index (Phi) is 16.7. The zero-order valence-electron chi connectivity index (χ0n) is 16.0. The first-order valence-electron chi connectivity index (χ1n) is 9.12. The summed E-state index contributed by atoms with van der Waals surface area (Å²) in [4.78, 5) is 11.3. The van der Waals surface area contributed by atoms with Crippen molar-refractivity contribution in [1.29, 1.82) is 0 Å². The van der Waals surface area contributed by atoms with E-state index in [2.05, 4.69) is 19.2 Å². The molecule has 0 bridgehead atoms. The largest absolute Gasteiger partial charge is 0.379 e. The number of rotatable bonds is 17. The van der Waals surface area contributed by atoms with E-state index in [1.807, 2.05) is 13.8 Å². The summed E-state index contributed by atoms with van der Waals surface area (Å²) in [6.07, 6.45) is 2.32. The van der Waals surface area contributed by atoms with E-state index in [1.165, 1.54) is 6.42 Å². The maximum Gasteiger partial charge on any atom is 0.222 e. The summed E-state index contributed by atoms with van der Waals surface area (Å²) in [6, 6.07) is 0. The van der Waals surface area contributed by atoms with E-state index >= 15 is 0 Å². The second kappa shape index (κ2) is 17.1. The van der Waals surface area contributed by atoms with Gasteiger partial charge >= 0.3 is 0 Å². The second-order valence-corrected chi connectivity index (χ2v) is 6.43. The third-order valence-electron chi connectivity index (χ3n) is 3.26. The fourth-order valence-corrected chi connectivity index (χ4v) is 1.81. The van der Waals surface area contributed by atoms with Gasteiger partial charge in [-0.2, -0.15) is 0 Å². The fraction of sp³-hybridized carbons (Fsp3) is 0.944. The van der Waals surface area contributed by atoms with Gasteiger partial charge in [0.15, 0.2) is 0 Å². The minimum Gasteiger partial charge on any atom is -0.379 e. The Hall–Kier alpha value is -0.690. The number of ether oxygens (including phenoxy) is 4. The van der Waals surface area contributed by atoms with Crippen LogP contribution in [0.25, 0.3) is 0 Å². The molecule has 0 saturated carbocycles. The number of amides is 1. The van der Waals surface area contributed by atoms with Gasteiger partial charge in [0.25, 0.3) is 0 Å². The predicted octanol–water partition coefficient (Wildman–Crippen LogP) is 2.26. The van der Waals surface area contributed by atoms with Crippen LogP contribution in [0.15, 0.2) is 0 Å². The van der Waals surface area contributed by atoms with Crippen molar-refractivity contribution in [2.75, 3.05) is 59.4 Å². The summed E-state index contributed by atoms with van der Waals surface area (Å²) in [6.45, 7) is 13.5. The lowest BCUT2D eigenvalue weighted by atomic mass is 10.1. The Morgan fingerprint density at radius 1 is 0.750 bits per heavy atom. The molecule has 0 saturated heterocycles. The van der Waals surface area contributed by atoms with Gasteiger partial charge in [0.2, 0.25) is 5.91 Å². The van der Waals surface area contributed by atoms with Gasteiger partial charge < -0.3 is 24.3 Å². The molecule has 1 N–H and O–H groups in total. The average Bonchev–Trinajstić information content (AvgIpc) is 2.53. The lowest BCUT2D eigenvalue weighted by Crippen LogP contribution is -2.31. The molecule has 0 aromatic carbocycles. The Balaban J connectivity index is 3.06. The highest BCUT2D eigenvalue weighted by molar-refractivity contribution is 5.77. The predicted molar refractivity (Wildman–Crippen MR) is 95.2 cm³/mol. The fourth-order valence-electron chi connectivity index (χ4n) is 1.81. The van der Waals surface area contributed by atoms with Crippen LogP contribution in [0.2, 0.25) is 0 Å². The molecule has 6 heteroatoms. The monoisotopic (exact) mass is 347 g/mol. The standard InChI is InChI=1S/C18H37NO5/c1-16(2)6-5-8-21-10-12-23-14-15-24-13-11-22-9-7-19-18(20)17(3)4/h16-17H,5-15H2,1-4H3,(H,19,20). The van der Waals surface area contributed by atoms with Crippen molar-refractivity contribution < 1.29 is 23.7 Å². The van der Waals surface area contributed by atoms with E-state index in [1.54, 1.807) is 0 Å². The van der Waals surface area contributed by atoms with Crippen LogP contribution in [0.4, 0.5) is 0 Å². The average molecular weight is 347 g/mol. The molecule has 0 aliphatic carbocycles. The summed E-state index contributed by atoms with van der Waals surface area (Å²) < 4.78 is 21.7. The van der Waals surface area contributed by atoms with Crippen molar-refractivity contribution in [2.24, 2.45) is 11.8 Å². The summed E-state index contributed by atoms with van der Waals surface area (Å²) >= 11 is 0. The third-order valence-corrected chi connectivity index (χ3v) is 3.26. The molecule has 1 amide bonds. The van der Waals surface area contributed by atoms with Crippen LogP contribution in [0.3, 0.4) is 0 Å². The summed E-state index contributed by atoms with van der Waals surface area (Å²) in [7, 11) is 0. The molecular weight excluding hydrogens is 310 g/mol. The van der Waals surface area contributed by atoms with Gasteiger partial charge in [0.1, 0.15) is 0 Å². The summed E-state index contributed by atoms with van der Waals surface area (Å²) in [5.41, 5.74) is 0. The molecule has 0 unspecified atom stereocenters. The number of carbonyl (C=O) groups is 1. The van der Waals surface area contributed by atoms with Crippen molar-refractivity contribution in [3.8, 4) is 0 Å². The molecule has 0 aliphatic heterocycles. The lowest BCUT2D eigenvalue weighted by molar-refractivity contribution is -0.124. The normalized spacial score (nSPS) is 11.4. The molecule has 0 radical (unpaired) electrons. The molecule has 24 heavy (non-hydrogen) atoms. The molecule has 0 aromatic heterocycles. The van der Waals surface area contributed by atoms with Gasteiger partial charge in [0.05, 0.1) is 46.2 Å². The van der Waals surface area contributed by atoms with E-state index in [4.69, 9.17) is 18.9 Å². The minimum atomic E-state index is 0.0128. The van der Waals surface area contributed by atoms with Gasteiger partial charge in [-0.3, -0.25) is 4.79 Å². The first-order chi connectivity index (χ1) is 11.5. The van der Waals surface area contributed by atoms with Gasteiger partial charge in [-0.1, -0.05) is 27.7 Å². The zero-order valence-corrected chi connectivity index (χ0v) is 16.0. The molecule has 144 valence electrons. The van der Waals surface area contributed by atoms with E-state index < -0.39 is 0 Å². The molecule has 0 spiro atoms. The number of carbonyl (C=O) groups excluding carboxylic acids is 1. The van der Waals surface area contributed by atoms with Crippen molar-refractivity contribution in [1.82, 2.24) is 5.32 Å². The van der Waals surface area contributed by atoms with Crippen molar-refractivity contribution in [3.63, 3.8) is 0 Å². The van der Waals surface area contributed by atoms with Crippen LogP contribution in [0.5, 0.6) is 0 Å². The number of hydrogen-bond donors (Lipinski definition) is 1. The first-order valence-corrected chi connectivity index (χ1v) is 9.12. The highest BCUT2D eigenvalue weighted by Crippen LogP contribution is 2.02. The molecular formula is C18H37NO5. The van der Waals surface area contributed by atoms with Crippen LogP contribution >= 0.6 is 0 Å². The van der Waals surface area contributed by atoms with Gasteiger partial charge in [-0.15, -0.1) is 0 Å². The molecule has 6 nitrogen and oxygen atoms in total. The second-order valence-electron chi connectivity index (χ2n) is 6.43. The van der Waals surface area contributed by atoms with Crippen LogP contribution in [0, 0.1) is 11.8 Å². The third kappa shape index (κ3) is 17.7. The smallest absolute Gasteiger partial charge is 0.222 e. The molecule has 0 aliphatic rings. The van der Waals surface area contributed by atoms with E-state index in [9.17, 15) is 4.79 Å². The molecule has 0 fully saturated rings. The number of hydrogen-bond acceptors (Lipinski definition) is 5. The Labute approximate surface area is 147 Å². The van der Waals surface area contributed by atoms with E-state index in [-0.39, 0.29) is 11.8 Å². The van der Waals surface area contributed by atoms with Crippen molar-refractivity contribution >= 4 is 5.91 Å². The quantitative estimate of drug-likeness (QED) is 0.409. The van der Waals surface area contributed by atoms with Gasteiger partial charge in [0, 0.05) is 19.1 Å². The van der Waals surface area contributed by atoms with Crippen LogP contribution in [0.1, 0.15) is 40.5 Å². The summed E-state index contributed by atoms with van der Waals surface area (Å²) in [5, 5.41) is 2.79. The Morgan fingerprint density at radius 3 is 1.67 bits per heavy atom. The van der Waals surface area contributed by atoms with Crippen molar-refractivity contribution in [3.05, 3.63) is 0 Å². The topological polar surface area (TPSA) is 66.0 Å². The zero-order chi connectivity index (χ0) is 18.0. The highest BCUT2D eigenvalue weighted by Gasteiger charge is 2.04. The van der Waals surface area contributed by atoms with Gasteiger partial charge in [-0.05, 0) is 18.8 Å². The van der Waals surface area contributed by atoms with Crippen molar-refractivity contribution in [2.45, 2.75) is 40.5 Å². The van der Waals surface area contributed by atoms with Gasteiger partial charge in [-0.25, -0.2) is 0 Å². The van der Waals surface area contributed by atoms with E-state index in [0.29, 0.717) is 52.8 Å². The molecule has 0 aromatic rings. The Bertz CT molecular complexity index is 285. The lowest BCUT2D eigenvalue weighted by Gasteiger charge is -2.09. The SMILES string of the molecule is CC(C)CCCOCCOCCOCCOCCNC(=O)C(C)C. The molecule has 0 atom stereocenters. The highest BCUT2D eigenvalue weighted by atomic mass is 16.6. The minimum absolute atomic E-state index is 0.0128. The maximum atomic E-state index is 11.3. The number of nitrogens with one attached hydrogen (secondary N) is 1. The Morgan fingerprint density at radius 2 is 1.21 bits per heavy atom. The molecule has 0 rings (SSSR count). The maximum absolute atomic E-state index is 11.3. The van der Waals surface area contributed by atoms with E-state index in [0.717, 1.165) is 18.9 Å². The summed E-state index contributed by atoms with van der Waals surface area (Å²) in [5.74, 6) is 0.805. The first kappa shape index (κ1) is 23.3. The van der Waals surface area contributed by atoms with Crippen LogP contribution in [-0.2, 0) is 23.7 Å². The molecule has 0 heterocycles. The van der Waals surface area contributed by atoms with Crippen LogP contribution < -0.4 is 5.32 Å². The van der Waals surface area contributed by atoms with Crippen LogP contribution in [-0.4, -0.2) is 65.3 Å².